The van der Waals surface area contributed by atoms with Crippen LogP contribution in [0.2, 0.25) is 13.1 Å². The minimum Gasteiger partial charge on any atom is -0.0885 e. The lowest BCUT2D eigenvalue weighted by Crippen LogP contribution is -2.35. The normalized spacial score (nSPS) is 30.8. The lowest BCUT2D eigenvalue weighted by atomic mass is 9.91. The van der Waals surface area contributed by atoms with E-state index in [1.54, 1.807) is 5.57 Å². The van der Waals surface area contributed by atoms with Crippen LogP contribution in [-0.2, 0) is 6.42 Å². The number of rotatable bonds is 4. The fraction of sp³-hybridized carbons (Fsp3) is 0.565. The van der Waals surface area contributed by atoms with Crippen molar-refractivity contribution >= 4 is 8.07 Å². The Bertz CT molecular complexity index is 650. The minimum absolute atomic E-state index is 0.767. The van der Waals surface area contributed by atoms with Crippen LogP contribution in [0.4, 0.5) is 0 Å². The summed E-state index contributed by atoms with van der Waals surface area (Å²) in [7, 11) is -1.47. The van der Waals surface area contributed by atoms with E-state index in [0.29, 0.717) is 0 Å². The highest BCUT2D eigenvalue weighted by molar-refractivity contribution is 6.90. The molecule has 4 atom stereocenters. The van der Waals surface area contributed by atoms with E-state index in [4.69, 9.17) is 0 Å². The van der Waals surface area contributed by atoms with Crippen molar-refractivity contribution in [2.24, 2.45) is 23.7 Å². The molecule has 0 amide bonds. The molecular weight excluding hydrogens is 304 g/mol. The largest absolute Gasteiger partial charge is 0.102 e. The smallest absolute Gasteiger partial charge is 0.0885 e. The first-order valence-electron chi connectivity index (χ1n) is 9.77. The van der Waals surface area contributed by atoms with Crippen LogP contribution in [0.3, 0.4) is 0 Å². The van der Waals surface area contributed by atoms with Gasteiger partial charge in [-0.15, -0.1) is 0 Å². The minimum atomic E-state index is -1.47. The van der Waals surface area contributed by atoms with Crippen LogP contribution >= 0.6 is 0 Å². The molecule has 0 nitrogen and oxygen atoms in total. The third-order valence-corrected chi connectivity index (χ3v) is 11.4. The molecular formula is C23H34Si. The Balaban J connectivity index is 1.75. The third-order valence-electron chi connectivity index (χ3n) is 7.19. The molecule has 0 aromatic heterocycles. The molecule has 0 spiro atoms. The first-order chi connectivity index (χ1) is 11.3. The Morgan fingerprint density at radius 1 is 1.00 bits per heavy atom. The van der Waals surface area contributed by atoms with Crippen molar-refractivity contribution in [2.45, 2.75) is 60.1 Å². The van der Waals surface area contributed by atoms with Crippen molar-refractivity contribution in [2.75, 3.05) is 0 Å². The van der Waals surface area contributed by atoms with Gasteiger partial charge < -0.3 is 0 Å². The van der Waals surface area contributed by atoms with E-state index in [-0.39, 0.29) is 0 Å². The van der Waals surface area contributed by atoms with Crippen LogP contribution in [0.15, 0.2) is 52.4 Å². The molecule has 1 aromatic rings. The number of hydrogen-bond acceptors (Lipinski definition) is 0. The van der Waals surface area contributed by atoms with E-state index >= 15 is 0 Å². The topological polar surface area (TPSA) is 0 Å². The van der Waals surface area contributed by atoms with Crippen LogP contribution in [0.5, 0.6) is 0 Å². The molecule has 24 heavy (non-hydrogen) atoms. The lowest BCUT2D eigenvalue weighted by Gasteiger charge is -2.32. The maximum Gasteiger partial charge on any atom is 0.102 e. The highest BCUT2D eigenvalue weighted by atomic mass is 28.3. The van der Waals surface area contributed by atoms with Crippen molar-refractivity contribution in [1.29, 1.82) is 0 Å². The van der Waals surface area contributed by atoms with Crippen molar-refractivity contribution in [3.8, 4) is 0 Å². The first-order valence-corrected chi connectivity index (χ1v) is 12.8. The number of hydrogen-bond donors (Lipinski definition) is 0. The summed E-state index contributed by atoms with van der Waals surface area (Å²) >= 11 is 0. The van der Waals surface area contributed by atoms with Crippen LogP contribution in [0.1, 0.15) is 46.1 Å². The van der Waals surface area contributed by atoms with Crippen LogP contribution < -0.4 is 0 Å². The molecule has 1 heteroatoms. The first kappa shape index (κ1) is 17.7. The molecule has 3 rings (SSSR count). The zero-order valence-electron chi connectivity index (χ0n) is 16.4. The molecule has 0 bridgehead atoms. The van der Waals surface area contributed by atoms with Crippen LogP contribution in [0.25, 0.3) is 0 Å². The van der Waals surface area contributed by atoms with Gasteiger partial charge in [-0.2, -0.15) is 0 Å². The summed E-state index contributed by atoms with van der Waals surface area (Å²) in [5.74, 6) is 3.18. The van der Waals surface area contributed by atoms with Gasteiger partial charge in [-0.05, 0) is 55.4 Å². The van der Waals surface area contributed by atoms with Gasteiger partial charge in [0, 0.05) is 0 Å². The Hall–Kier alpha value is -1.08. The predicted octanol–water partition coefficient (Wildman–Crippen LogP) is 6.59. The standard InChI is InChI=1S/C23H34Si/c1-16-17(2)19(4)23(18(16)3)24(5,6)22-13-12-21(15-22)14-20-10-8-7-9-11-20/h7-11,13,16-18,21H,12,14-15H2,1-6H3. The summed E-state index contributed by atoms with van der Waals surface area (Å²) in [4.78, 5) is 0. The molecule has 0 saturated heterocycles. The number of benzene rings is 1. The Morgan fingerprint density at radius 2 is 1.67 bits per heavy atom. The zero-order chi connectivity index (χ0) is 17.5. The Morgan fingerprint density at radius 3 is 2.25 bits per heavy atom. The fourth-order valence-electron chi connectivity index (χ4n) is 5.33. The molecule has 0 N–H and O–H groups in total. The van der Waals surface area contributed by atoms with E-state index < -0.39 is 8.07 Å². The highest BCUT2D eigenvalue weighted by Crippen LogP contribution is 2.48. The van der Waals surface area contributed by atoms with Gasteiger partial charge >= 0.3 is 0 Å². The van der Waals surface area contributed by atoms with E-state index in [1.165, 1.54) is 24.8 Å². The quantitative estimate of drug-likeness (QED) is 0.543. The summed E-state index contributed by atoms with van der Waals surface area (Å²) in [6.45, 7) is 15.0. The van der Waals surface area contributed by atoms with Gasteiger partial charge in [0.1, 0.15) is 8.07 Å². The van der Waals surface area contributed by atoms with Crippen molar-refractivity contribution in [1.82, 2.24) is 0 Å². The van der Waals surface area contributed by atoms with E-state index in [1.807, 2.05) is 10.4 Å². The third kappa shape index (κ3) is 3.08. The summed E-state index contributed by atoms with van der Waals surface area (Å²) in [6, 6.07) is 11.0. The Kier molecular flexibility index (Phi) is 4.93. The van der Waals surface area contributed by atoms with Gasteiger partial charge in [0.2, 0.25) is 0 Å². The van der Waals surface area contributed by atoms with Gasteiger partial charge in [-0.3, -0.25) is 0 Å². The van der Waals surface area contributed by atoms with Crippen LogP contribution in [-0.4, -0.2) is 8.07 Å². The zero-order valence-corrected chi connectivity index (χ0v) is 17.4. The maximum atomic E-state index is 2.63. The number of allylic oxidation sites excluding steroid dienone is 4. The molecule has 130 valence electrons. The second-order valence-electron chi connectivity index (χ2n) is 8.88. The van der Waals surface area contributed by atoms with Crippen molar-refractivity contribution in [3.05, 3.63) is 57.9 Å². The lowest BCUT2D eigenvalue weighted by molar-refractivity contribution is 0.394. The maximum absolute atomic E-state index is 2.63. The van der Waals surface area contributed by atoms with Crippen molar-refractivity contribution < 1.29 is 0 Å². The average Bonchev–Trinajstić information content (AvgIpc) is 3.09. The van der Waals surface area contributed by atoms with Gasteiger partial charge in [-0.25, -0.2) is 0 Å². The summed E-state index contributed by atoms with van der Waals surface area (Å²) in [5, 5.41) is 3.69. The predicted molar refractivity (Wildman–Crippen MR) is 109 cm³/mol. The molecule has 0 aliphatic heterocycles. The van der Waals surface area contributed by atoms with Gasteiger partial charge in [0.25, 0.3) is 0 Å². The van der Waals surface area contributed by atoms with Gasteiger partial charge in [-0.1, -0.05) is 86.2 Å². The van der Waals surface area contributed by atoms with E-state index in [0.717, 1.165) is 23.7 Å². The average molecular weight is 339 g/mol. The molecule has 2 aliphatic rings. The fourth-order valence-corrected chi connectivity index (χ4v) is 9.72. The molecule has 1 aromatic carbocycles. The highest BCUT2D eigenvalue weighted by Gasteiger charge is 2.43. The van der Waals surface area contributed by atoms with Gasteiger partial charge in [0.05, 0.1) is 0 Å². The second-order valence-corrected chi connectivity index (χ2v) is 13.3. The van der Waals surface area contributed by atoms with Crippen LogP contribution in [0, 0.1) is 23.7 Å². The second kappa shape index (κ2) is 6.67. The van der Waals surface area contributed by atoms with E-state index in [2.05, 4.69) is 77.2 Å². The van der Waals surface area contributed by atoms with Crippen molar-refractivity contribution in [3.63, 3.8) is 0 Å². The van der Waals surface area contributed by atoms with E-state index in [9.17, 15) is 0 Å². The molecule has 0 fully saturated rings. The monoisotopic (exact) mass is 338 g/mol. The summed E-state index contributed by atoms with van der Waals surface area (Å²) in [5.41, 5.74) is 3.22. The molecule has 0 radical (unpaired) electrons. The summed E-state index contributed by atoms with van der Waals surface area (Å²) in [6.07, 6.45) is 6.49. The summed E-state index contributed by atoms with van der Waals surface area (Å²) < 4.78 is 0. The molecule has 4 unspecified atom stereocenters. The SMILES string of the molecule is CC1=C([Si](C)(C)C2=CCC(Cc3ccccc3)C2)C(C)C(C)C1C. The van der Waals surface area contributed by atoms with Gasteiger partial charge in [0.15, 0.2) is 0 Å². The Labute approximate surface area is 150 Å². The molecule has 2 aliphatic carbocycles. The molecule has 0 saturated carbocycles. The molecule has 0 heterocycles.